The third-order valence-electron chi connectivity index (χ3n) is 3.61. The van der Waals surface area contributed by atoms with Crippen LogP contribution >= 0.6 is 0 Å². The maximum absolute atomic E-state index is 4.82. The van der Waals surface area contributed by atoms with E-state index in [0.29, 0.717) is 0 Å². The van der Waals surface area contributed by atoms with E-state index in [2.05, 4.69) is 45.1 Å². The van der Waals surface area contributed by atoms with Crippen molar-refractivity contribution in [1.82, 2.24) is 4.98 Å². The van der Waals surface area contributed by atoms with Crippen molar-refractivity contribution in [2.45, 2.75) is 34.1 Å². The highest BCUT2D eigenvalue weighted by atomic mass is 14.8. The first-order valence-electron chi connectivity index (χ1n) is 6.17. The molecule has 0 fully saturated rings. The summed E-state index contributed by atoms with van der Waals surface area (Å²) in [6.45, 7) is 8.60. The van der Waals surface area contributed by atoms with E-state index < -0.39 is 0 Å². The van der Waals surface area contributed by atoms with Crippen LogP contribution in [0, 0.1) is 20.8 Å². The summed E-state index contributed by atoms with van der Waals surface area (Å²) in [6, 6.07) is 4.34. The number of fused-ring (bicyclic) bond motifs is 1. The third kappa shape index (κ3) is 1.78. The van der Waals surface area contributed by atoms with Crippen molar-refractivity contribution in [3.63, 3.8) is 0 Å². The fraction of sp³-hybridized carbons (Fsp3) is 0.400. The number of hydrogen-bond acceptors (Lipinski definition) is 2. The van der Waals surface area contributed by atoms with Crippen molar-refractivity contribution < 1.29 is 0 Å². The van der Waals surface area contributed by atoms with E-state index in [-0.39, 0.29) is 0 Å². The molecular weight excluding hydrogens is 208 g/mol. The lowest BCUT2D eigenvalue weighted by Crippen LogP contribution is -2.02. The summed E-state index contributed by atoms with van der Waals surface area (Å²) in [6.07, 6.45) is 0.976. The van der Waals surface area contributed by atoms with Crippen molar-refractivity contribution in [2.75, 3.05) is 12.4 Å². The molecule has 0 unspecified atom stereocenters. The number of anilines is 1. The fourth-order valence-corrected chi connectivity index (χ4v) is 2.38. The van der Waals surface area contributed by atoms with E-state index in [1.807, 2.05) is 7.05 Å². The zero-order chi connectivity index (χ0) is 12.6. The molecule has 17 heavy (non-hydrogen) atoms. The average Bonchev–Trinajstić information content (AvgIpc) is 2.33. The second kappa shape index (κ2) is 4.36. The predicted molar refractivity (Wildman–Crippen MR) is 74.9 cm³/mol. The Balaban J connectivity index is 2.92. The van der Waals surface area contributed by atoms with Gasteiger partial charge in [-0.15, -0.1) is 0 Å². The largest absolute Gasteiger partial charge is 0.387 e. The minimum absolute atomic E-state index is 0.976. The molecule has 0 aliphatic carbocycles. The smallest absolute Gasteiger partial charge is 0.0758 e. The highest BCUT2D eigenvalue weighted by Crippen LogP contribution is 2.30. The van der Waals surface area contributed by atoms with Gasteiger partial charge in [-0.25, -0.2) is 0 Å². The number of nitrogens with zero attached hydrogens (tertiary/aromatic N) is 1. The van der Waals surface area contributed by atoms with Gasteiger partial charge in [0.25, 0.3) is 0 Å². The molecule has 0 radical (unpaired) electrons. The summed E-state index contributed by atoms with van der Waals surface area (Å²) in [5, 5.41) is 4.55. The second-order valence-corrected chi connectivity index (χ2v) is 4.57. The van der Waals surface area contributed by atoms with Crippen LogP contribution in [0.2, 0.25) is 0 Å². The predicted octanol–water partition coefficient (Wildman–Crippen LogP) is 3.76. The van der Waals surface area contributed by atoms with Gasteiger partial charge in [0.05, 0.1) is 5.52 Å². The minimum atomic E-state index is 0.976. The van der Waals surface area contributed by atoms with Gasteiger partial charge in [0.2, 0.25) is 0 Å². The fourth-order valence-electron chi connectivity index (χ4n) is 2.38. The number of pyridine rings is 1. The number of hydrogen-bond donors (Lipinski definition) is 1. The van der Waals surface area contributed by atoms with Crippen molar-refractivity contribution in [1.29, 1.82) is 0 Å². The molecule has 2 heteroatoms. The maximum atomic E-state index is 4.82. The zero-order valence-corrected chi connectivity index (χ0v) is 11.3. The van der Waals surface area contributed by atoms with Gasteiger partial charge in [-0.1, -0.05) is 19.1 Å². The normalized spacial score (nSPS) is 10.9. The number of rotatable bonds is 2. The van der Waals surface area contributed by atoms with Gasteiger partial charge >= 0.3 is 0 Å². The number of nitrogens with one attached hydrogen (secondary N) is 1. The Morgan fingerprint density at radius 2 is 1.82 bits per heavy atom. The standard InChI is InChI=1S/C15H20N2/c1-6-13-11(4)14(16-5)12-8-7-9(2)10(3)15(12)17-13/h7-8H,6H2,1-5H3,(H,16,17). The Hall–Kier alpha value is -1.57. The van der Waals surface area contributed by atoms with Gasteiger partial charge in [0, 0.05) is 23.8 Å². The molecule has 0 amide bonds. The minimum Gasteiger partial charge on any atom is -0.387 e. The third-order valence-corrected chi connectivity index (χ3v) is 3.61. The molecule has 0 bridgehead atoms. The highest BCUT2D eigenvalue weighted by molar-refractivity contribution is 5.95. The molecule has 0 aliphatic heterocycles. The van der Waals surface area contributed by atoms with Crippen LogP contribution in [-0.2, 0) is 6.42 Å². The molecule has 2 aromatic rings. The number of aryl methyl sites for hydroxylation is 3. The molecule has 1 aromatic carbocycles. The Morgan fingerprint density at radius 1 is 1.12 bits per heavy atom. The Kier molecular flexibility index (Phi) is 3.05. The summed E-state index contributed by atoms with van der Waals surface area (Å²) in [4.78, 5) is 4.82. The van der Waals surface area contributed by atoms with Crippen LogP contribution in [0.1, 0.15) is 29.3 Å². The van der Waals surface area contributed by atoms with Gasteiger partial charge in [-0.05, 0) is 43.9 Å². The highest BCUT2D eigenvalue weighted by Gasteiger charge is 2.11. The van der Waals surface area contributed by atoms with E-state index in [9.17, 15) is 0 Å². The molecule has 1 heterocycles. The zero-order valence-electron chi connectivity index (χ0n) is 11.3. The first kappa shape index (κ1) is 11.9. The Labute approximate surface area is 103 Å². The van der Waals surface area contributed by atoms with Crippen molar-refractivity contribution in [3.05, 3.63) is 34.5 Å². The van der Waals surface area contributed by atoms with Gasteiger partial charge in [0.15, 0.2) is 0 Å². The first-order chi connectivity index (χ1) is 8.10. The molecule has 1 N–H and O–H groups in total. The SMILES string of the molecule is CCc1nc2c(C)c(C)ccc2c(NC)c1C. The first-order valence-corrected chi connectivity index (χ1v) is 6.17. The van der Waals surface area contributed by atoms with Crippen LogP contribution in [0.5, 0.6) is 0 Å². The summed E-state index contributed by atoms with van der Waals surface area (Å²) in [7, 11) is 1.98. The van der Waals surface area contributed by atoms with Crippen LogP contribution in [0.3, 0.4) is 0 Å². The van der Waals surface area contributed by atoms with Crippen LogP contribution in [0.25, 0.3) is 10.9 Å². The van der Waals surface area contributed by atoms with Gasteiger partial charge in [0.1, 0.15) is 0 Å². The van der Waals surface area contributed by atoms with Gasteiger partial charge in [-0.2, -0.15) is 0 Å². The topological polar surface area (TPSA) is 24.9 Å². The maximum Gasteiger partial charge on any atom is 0.0758 e. The van der Waals surface area contributed by atoms with Crippen LogP contribution in [-0.4, -0.2) is 12.0 Å². The monoisotopic (exact) mass is 228 g/mol. The molecule has 0 aliphatic rings. The molecule has 2 nitrogen and oxygen atoms in total. The van der Waals surface area contributed by atoms with Crippen LogP contribution in [0.4, 0.5) is 5.69 Å². The van der Waals surface area contributed by atoms with Crippen LogP contribution < -0.4 is 5.32 Å². The lowest BCUT2D eigenvalue weighted by molar-refractivity contribution is 1.03. The quantitative estimate of drug-likeness (QED) is 0.846. The van der Waals surface area contributed by atoms with Crippen molar-refractivity contribution in [2.24, 2.45) is 0 Å². The molecular formula is C15H20N2. The lowest BCUT2D eigenvalue weighted by Gasteiger charge is -2.15. The Morgan fingerprint density at radius 3 is 2.41 bits per heavy atom. The van der Waals surface area contributed by atoms with E-state index in [0.717, 1.165) is 11.9 Å². The van der Waals surface area contributed by atoms with E-state index >= 15 is 0 Å². The molecule has 2 rings (SSSR count). The molecule has 1 aromatic heterocycles. The van der Waals surface area contributed by atoms with Crippen molar-refractivity contribution >= 4 is 16.6 Å². The van der Waals surface area contributed by atoms with Crippen LogP contribution in [0.15, 0.2) is 12.1 Å². The lowest BCUT2D eigenvalue weighted by atomic mass is 10.0. The van der Waals surface area contributed by atoms with E-state index in [1.54, 1.807) is 0 Å². The van der Waals surface area contributed by atoms with E-state index in [4.69, 9.17) is 4.98 Å². The molecule has 0 saturated heterocycles. The average molecular weight is 228 g/mol. The molecule has 0 saturated carbocycles. The second-order valence-electron chi connectivity index (χ2n) is 4.57. The summed E-state index contributed by atoms with van der Waals surface area (Å²) >= 11 is 0. The Bertz CT molecular complexity index is 571. The molecule has 0 atom stereocenters. The molecule has 0 spiro atoms. The molecule has 90 valence electrons. The van der Waals surface area contributed by atoms with Gasteiger partial charge < -0.3 is 5.32 Å². The summed E-state index contributed by atoms with van der Waals surface area (Å²) in [5.74, 6) is 0. The van der Waals surface area contributed by atoms with E-state index in [1.165, 1.54) is 33.5 Å². The summed E-state index contributed by atoms with van der Waals surface area (Å²) < 4.78 is 0. The number of benzene rings is 1. The van der Waals surface area contributed by atoms with Crippen molar-refractivity contribution in [3.8, 4) is 0 Å². The summed E-state index contributed by atoms with van der Waals surface area (Å²) in [5.41, 5.74) is 7.40. The van der Waals surface area contributed by atoms with Gasteiger partial charge in [-0.3, -0.25) is 4.98 Å². The number of aromatic nitrogens is 1.